The molecule has 0 heterocycles. The second-order valence-corrected chi connectivity index (χ2v) is 8.09. The van der Waals surface area contributed by atoms with E-state index < -0.39 is 23.8 Å². The first-order valence-corrected chi connectivity index (χ1v) is 11.0. The molecular weight excluding hydrogens is 448 g/mol. The van der Waals surface area contributed by atoms with Crippen LogP contribution in [0.1, 0.15) is 56.0 Å². The zero-order chi connectivity index (χ0) is 26.5. The van der Waals surface area contributed by atoms with Crippen molar-refractivity contribution < 1.29 is 34.8 Å². The summed E-state index contributed by atoms with van der Waals surface area (Å²) in [5.74, 6) is -3.22. The van der Waals surface area contributed by atoms with Crippen molar-refractivity contribution in [2.45, 2.75) is 33.8 Å². The van der Waals surface area contributed by atoms with Crippen LogP contribution in [0.5, 0.6) is 0 Å². The van der Waals surface area contributed by atoms with Crippen molar-refractivity contribution in [3.05, 3.63) is 106 Å². The van der Waals surface area contributed by atoms with Crippen molar-refractivity contribution in [2.75, 3.05) is 6.61 Å². The summed E-state index contributed by atoms with van der Waals surface area (Å²) in [7, 11) is 0. The average Bonchev–Trinajstić information content (AvgIpc) is 2.84. The normalized spacial score (nSPS) is 11.6. The van der Waals surface area contributed by atoms with Crippen molar-refractivity contribution in [3.63, 3.8) is 0 Å². The van der Waals surface area contributed by atoms with Crippen molar-refractivity contribution in [3.8, 4) is 0 Å². The highest BCUT2D eigenvalue weighted by Gasteiger charge is 2.19. The predicted octanol–water partition coefficient (Wildman–Crippen LogP) is 4.61. The van der Waals surface area contributed by atoms with Crippen molar-refractivity contribution in [2.24, 2.45) is 5.92 Å². The molecule has 0 amide bonds. The summed E-state index contributed by atoms with van der Waals surface area (Å²) in [6.07, 6.45) is -0.559. The lowest BCUT2D eigenvalue weighted by Crippen LogP contribution is -2.15. The van der Waals surface area contributed by atoms with Gasteiger partial charge in [-0.15, -0.1) is 0 Å². The number of carboxylic acids is 2. The molecule has 0 saturated carbocycles. The third kappa shape index (κ3) is 9.52. The number of rotatable bonds is 6. The van der Waals surface area contributed by atoms with Crippen LogP contribution in [0.4, 0.5) is 0 Å². The number of ketones is 1. The van der Waals surface area contributed by atoms with Gasteiger partial charge in [-0.25, -0.2) is 9.59 Å². The van der Waals surface area contributed by atoms with Crippen LogP contribution in [0.15, 0.2) is 72.8 Å². The molecule has 0 saturated heterocycles. The fourth-order valence-electron chi connectivity index (χ4n) is 3.30. The molecule has 0 radical (unpaired) electrons. The SMILES string of the molecule is CC(CO)C(O)c1ccccc1.Cc1cc(C)c(C(=O)C(=O)O)c(C)c1.O=C(O)c1ccccc1. The largest absolute Gasteiger partial charge is 0.478 e. The quantitative estimate of drug-likeness (QED) is 0.299. The van der Waals surface area contributed by atoms with Crippen LogP contribution in [-0.2, 0) is 4.79 Å². The number of carbonyl (C=O) groups excluding carboxylic acids is 1. The molecule has 0 aliphatic carbocycles. The topological polar surface area (TPSA) is 132 Å². The smallest absolute Gasteiger partial charge is 0.377 e. The van der Waals surface area contributed by atoms with Gasteiger partial charge < -0.3 is 20.4 Å². The lowest BCUT2D eigenvalue weighted by molar-refractivity contribution is -0.131. The zero-order valence-corrected chi connectivity index (χ0v) is 20.3. The molecule has 7 nitrogen and oxygen atoms in total. The maximum absolute atomic E-state index is 11.3. The number of aromatic carboxylic acids is 1. The van der Waals surface area contributed by atoms with E-state index >= 15 is 0 Å². The van der Waals surface area contributed by atoms with E-state index in [1.807, 2.05) is 56.3 Å². The number of aliphatic hydroxyl groups is 2. The molecule has 0 fully saturated rings. The van der Waals surface area contributed by atoms with Gasteiger partial charge in [0.1, 0.15) is 0 Å². The Balaban J connectivity index is 0.000000269. The number of carboxylic acid groups (broad SMARTS) is 2. The molecular formula is C28H32O7. The Hall–Kier alpha value is -3.81. The third-order valence-corrected chi connectivity index (χ3v) is 5.09. The van der Waals surface area contributed by atoms with Crippen LogP contribution in [0.2, 0.25) is 0 Å². The lowest BCUT2D eigenvalue weighted by atomic mass is 9.97. The number of carbonyl (C=O) groups is 3. The molecule has 0 aromatic heterocycles. The second-order valence-electron chi connectivity index (χ2n) is 8.09. The second kappa shape index (κ2) is 14.5. The summed E-state index contributed by atoms with van der Waals surface area (Å²) in [6, 6.07) is 21.3. The molecule has 0 spiro atoms. The number of benzene rings is 3. The van der Waals surface area contributed by atoms with E-state index in [0.29, 0.717) is 11.1 Å². The van der Waals surface area contributed by atoms with Gasteiger partial charge in [0.2, 0.25) is 0 Å². The Kier molecular flexibility index (Phi) is 12.1. The van der Waals surface area contributed by atoms with E-state index in [1.54, 1.807) is 44.2 Å². The van der Waals surface area contributed by atoms with Gasteiger partial charge in [0, 0.05) is 18.1 Å². The fraction of sp³-hybridized carbons (Fsp3) is 0.250. The Morgan fingerprint density at radius 1 is 0.800 bits per heavy atom. The van der Waals surface area contributed by atoms with E-state index in [9.17, 15) is 19.5 Å². The molecule has 186 valence electrons. The highest BCUT2D eigenvalue weighted by molar-refractivity contribution is 6.40. The minimum atomic E-state index is -1.40. The van der Waals surface area contributed by atoms with Gasteiger partial charge in [0.25, 0.3) is 5.78 Å². The molecule has 0 aliphatic rings. The molecule has 2 atom stereocenters. The molecule has 0 aliphatic heterocycles. The number of aliphatic carboxylic acids is 1. The molecule has 3 aromatic rings. The molecule has 3 aromatic carbocycles. The average molecular weight is 481 g/mol. The number of hydrogen-bond donors (Lipinski definition) is 4. The first-order chi connectivity index (χ1) is 16.5. The first-order valence-electron chi connectivity index (χ1n) is 11.0. The van der Waals surface area contributed by atoms with Gasteiger partial charge in [0.15, 0.2) is 0 Å². The van der Waals surface area contributed by atoms with Crippen LogP contribution in [-0.4, -0.2) is 44.8 Å². The van der Waals surface area contributed by atoms with Crippen LogP contribution in [0.3, 0.4) is 0 Å². The molecule has 4 N–H and O–H groups in total. The Labute approximate surface area is 205 Å². The first kappa shape index (κ1) is 29.2. The number of hydrogen-bond acceptors (Lipinski definition) is 5. The van der Waals surface area contributed by atoms with E-state index in [2.05, 4.69) is 0 Å². The van der Waals surface area contributed by atoms with Crippen LogP contribution >= 0.6 is 0 Å². The Morgan fingerprint density at radius 3 is 1.63 bits per heavy atom. The monoisotopic (exact) mass is 480 g/mol. The number of aryl methyl sites for hydroxylation is 3. The summed E-state index contributed by atoms with van der Waals surface area (Å²) in [5, 5.41) is 35.4. The number of aliphatic hydroxyl groups excluding tert-OH is 2. The standard InChI is InChI=1S/C11H12O3.C10H14O2.C7H6O2/c1-6-4-7(2)9(8(3)5-6)10(12)11(13)14;1-8(7-11)10(12)9-5-3-2-4-6-9;8-7(9)6-4-2-1-3-5-6/h4-5H,1-3H3,(H,13,14);2-6,8,10-12H,7H2,1H3;1-5H,(H,8,9). The van der Waals surface area contributed by atoms with Crippen molar-refractivity contribution in [1.29, 1.82) is 0 Å². The molecule has 0 bridgehead atoms. The summed E-state index contributed by atoms with van der Waals surface area (Å²) < 4.78 is 0. The minimum Gasteiger partial charge on any atom is -0.478 e. The lowest BCUT2D eigenvalue weighted by Gasteiger charge is -2.16. The predicted molar refractivity (Wildman–Crippen MR) is 134 cm³/mol. The third-order valence-electron chi connectivity index (χ3n) is 5.09. The summed E-state index contributed by atoms with van der Waals surface area (Å²) >= 11 is 0. The van der Waals surface area contributed by atoms with Gasteiger partial charge in [0.05, 0.1) is 11.7 Å². The van der Waals surface area contributed by atoms with E-state index in [4.69, 9.17) is 15.3 Å². The van der Waals surface area contributed by atoms with Gasteiger partial charge >= 0.3 is 11.9 Å². The maximum Gasteiger partial charge on any atom is 0.377 e. The van der Waals surface area contributed by atoms with Gasteiger partial charge in [-0.2, -0.15) is 0 Å². The molecule has 35 heavy (non-hydrogen) atoms. The van der Waals surface area contributed by atoms with Crippen molar-refractivity contribution in [1.82, 2.24) is 0 Å². The highest BCUT2D eigenvalue weighted by atomic mass is 16.4. The van der Waals surface area contributed by atoms with Crippen LogP contribution in [0.25, 0.3) is 0 Å². The molecule has 3 rings (SSSR count). The van der Waals surface area contributed by atoms with Crippen LogP contribution in [0, 0.1) is 26.7 Å². The highest BCUT2D eigenvalue weighted by Crippen LogP contribution is 2.20. The van der Waals surface area contributed by atoms with E-state index in [-0.39, 0.29) is 12.5 Å². The number of Topliss-reactive ketones (excluding diaryl/α,β-unsaturated/α-hetero) is 1. The molecule has 2 unspecified atom stereocenters. The van der Waals surface area contributed by atoms with Crippen molar-refractivity contribution >= 4 is 17.7 Å². The molecule has 7 heteroatoms. The van der Waals surface area contributed by atoms with Gasteiger partial charge in [-0.05, 0) is 49.6 Å². The van der Waals surface area contributed by atoms with E-state index in [0.717, 1.165) is 22.3 Å². The summed E-state index contributed by atoms with van der Waals surface area (Å²) in [6.45, 7) is 7.23. The minimum absolute atomic E-state index is 0.00998. The Morgan fingerprint density at radius 2 is 1.26 bits per heavy atom. The zero-order valence-electron chi connectivity index (χ0n) is 20.3. The summed E-state index contributed by atoms with van der Waals surface area (Å²) in [5.41, 5.74) is 3.96. The van der Waals surface area contributed by atoms with Crippen LogP contribution < -0.4 is 0 Å². The summed E-state index contributed by atoms with van der Waals surface area (Å²) in [4.78, 5) is 32.0. The maximum atomic E-state index is 11.3. The Bertz CT molecular complexity index is 1090. The van der Waals surface area contributed by atoms with Gasteiger partial charge in [-0.3, -0.25) is 4.79 Å². The van der Waals surface area contributed by atoms with Gasteiger partial charge in [-0.1, -0.05) is 73.2 Å². The van der Waals surface area contributed by atoms with E-state index in [1.165, 1.54) is 0 Å². The fourth-order valence-corrected chi connectivity index (χ4v) is 3.30.